The van der Waals surface area contributed by atoms with Gasteiger partial charge in [0.05, 0.1) is 5.56 Å². The van der Waals surface area contributed by atoms with Crippen LogP contribution in [0.25, 0.3) is 0 Å². The number of primary amides is 1. The van der Waals surface area contributed by atoms with Crippen LogP contribution in [0.1, 0.15) is 15.2 Å². The molecule has 4 nitrogen and oxygen atoms in total. The predicted octanol–water partition coefficient (Wildman–Crippen LogP) is 0.985. The van der Waals surface area contributed by atoms with Crippen LogP contribution < -0.4 is 11.1 Å². The average Bonchev–Trinajstić information content (AvgIpc) is 2.85. The lowest BCUT2D eigenvalue weighted by molar-refractivity contribution is 0.100. The second-order valence-corrected chi connectivity index (χ2v) is 6.52. The summed E-state index contributed by atoms with van der Waals surface area (Å²) in [4.78, 5) is 14.6. The van der Waals surface area contributed by atoms with Crippen LogP contribution in [0.4, 0.5) is 0 Å². The summed E-state index contributed by atoms with van der Waals surface area (Å²) in [6, 6.07) is 1.87. The zero-order chi connectivity index (χ0) is 12.8. The minimum atomic E-state index is -0.344. The maximum Gasteiger partial charge on any atom is 0.249 e. The normalized spacial score (nSPS) is 16.9. The fourth-order valence-electron chi connectivity index (χ4n) is 1.88. The van der Waals surface area contributed by atoms with Crippen molar-refractivity contribution < 1.29 is 4.79 Å². The first kappa shape index (κ1) is 13.9. The topological polar surface area (TPSA) is 58.4 Å². The zero-order valence-electron chi connectivity index (χ0n) is 10.4. The molecule has 2 heterocycles. The number of hydrogen-bond acceptors (Lipinski definition) is 5. The number of thiophene rings is 1. The Labute approximate surface area is 116 Å². The van der Waals surface area contributed by atoms with Crippen molar-refractivity contribution in [1.82, 2.24) is 10.2 Å². The highest BCUT2D eigenvalue weighted by Crippen LogP contribution is 2.13. The number of nitrogens with zero attached hydrogens (tertiary/aromatic N) is 1. The van der Waals surface area contributed by atoms with E-state index in [1.165, 1.54) is 24.6 Å². The molecule has 1 aromatic rings. The third kappa shape index (κ3) is 4.28. The molecule has 1 fully saturated rings. The Morgan fingerprint density at radius 3 is 2.89 bits per heavy atom. The van der Waals surface area contributed by atoms with Gasteiger partial charge in [0, 0.05) is 54.5 Å². The van der Waals surface area contributed by atoms with Gasteiger partial charge < -0.3 is 16.0 Å². The molecule has 0 aliphatic carbocycles. The molecule has 0 radical (unpaired) electrons. The fraction of sp³-hybridized carbons (Fsp3) is 0.583. The fourth-order valence-corrected chi connectivity index (χ4v) is 3.70. The largest absolute Gasteiger partial charge is 0.366 e. The lowest BCUT2D eigenvalue weighted by Gasteiger charge is -2.26. The number of carbonyl (C=O) groups is 1. The van der Waals surface area contributed by atoms with Gasteiger partial charge in [-0.2, -0.15) is 11.8 Å². The van der Waals surface area contributed by atoms with Crippen molar-refractivity contribution in [2.24, 2.45) is 5.73 Å². The third-order valence-corrected chi connectivity index (χ3v) is 4.83. The SMILES string of the molecule is NC(=O)c1csc(CNCCN2CCSCC2)c1. The minimum Gasteiger partial charge on any atom is -0.366 e. The summed E-state index contributed by atoms with van der Waals surface area (Å²) in [5, 5.41) is 5.23. The molecule has 1 aromatic heterocycles. The maximum atomic E-state index is 11.0. The summed E-state index contributed by atoms with van der Waals surface area (Å²) in [6.07, 6.45) is 0. The molecule has 0 aromatic carbocycles. The second-order valence-electron chi connectivity index (χ2n) is 4.30. The first-order chi connectivity index (χ1) is 8.75. The van der Waals surface area contributed by atoms with Crippen molar-refractivity contribution in [2.75, 3.05) is 37.7 Å². The van der Waals surface area contributed by atoms with Crippen LogP contribution in [0.2, 0.25) is 0 Å². The Kier molecular flexibility index (Phi) is 5.49. The van der Waals surface area contributed by atoms with Gasteiger partial charge in [-0.15, -0.1) is 11.3 Å². The highest BCUT2D eigenvalue weighted by atomic mass is 32.2. The van der Waals surface area contributed by atoms with Crippen molar-refractivity contribution in [1.29, 1.82) is 0 Å². The van der Waals surface area contributed by atoms with E-state index in [-0.39, 0.29) is 5.91 Å². The van der Waals surface area contributed by atoms with E-state index in [2.05, 4.69) is 10.2 Å². The van der Waals surface area contributed by atoms with E-state index in [1.54, 1.807) is 11.3 Å². The summed E-state index contributed by atoms with van der Waals surface area (Å²) in [7, 11) is 0. The quantitative estimate of drug-likeness (QED) is 0.765. The average molecular weight is 285 g/mol. The number of amides is 1. The molecule has 1 amide bonds. The van der Waals surface area contributed by atoms with Gasteiger partial charge in [-0.3, -0.25) is 4.79 Å². The maximum absolute atomic E-state index is 11.0. The smallest absolute Gasteiger partial charge is 0.249 e. The Bertz CT molecular complexity index is 388. The molecule has 0 saturated carbocycles. The highest BCUT2D eigenvalue weighted by Gasteiger charge is 2.09. The number of rotatable bonds is 6. The lowest BCUT2D eigenvalue weighted by atomic mass is 10.3. The molecule has 18 heavy (non-hydrogen) atoms. The molecule has 6 heteroatoms. The molecular weight excluding hydrogens is 266 g/mol. The van der Waals surface area contributed by atoms with Gasteiger partial charge in [-0.05, 0) is 6.07 Å². The number of carbonyl (C=O) groups excluding carboxylic acids is 1. The van der Waals surface area contributed by atoms with E-state index in [4.69, 9.17) is 5.73 Å². The Morgan fingerprint density at radius 1 is 1.44 bits per heavy atom. The number of thioether (sulfide) groups is 1. The van der Waals surface area contributed by atoms with Crippen molar-refractivity contribution in [3.63, 3.8) is 0 Å². The van der Waals surface area contributed by atoms with E-state index in [0.717, 1.165) is 24.5 Å². The molecule has 0 spiro atoms. The number of nitrogens with one attached hydrogen (secondary N) is 1. The van der Waals surface area contributed by atoms with E-state index in [0.29, 0.717) is 5.56 Å². The van der Waals surface area contributed by atoms with E-state index >= 15 is 0 Å². The first-order valence-electron chi connectivity index (χ1n) is 6.14. The van der Waals surface area contributed by atoms with E-state index in [9.17, 15) is 4.79 Å². The number of nitrogens with two attached hydrogens (primary N) is 1. The van der Waals surface area contributed by atoms with Gasteiger partial charge in [0.1, 0.15) is 0 Å². The molecule has 3 N–H and O–H groups in total. The van der Waals surface area contributed by atoms with Crippen LogP contribution in [0.3, 0.4) is 0 Å². The van der Waals surface area contributed by atoms with E-state index in [1.807, 2.05) is 23.2 Å². The Balaban J connectivity index is 1.63. The van der Waals surface area contributed by atoms with Crippen LogP contribution >= 0.6 is 23.1 Å². The van der Waals surface area contributed by atoms with Crippen molar-refractivity contribution >= 4 is 29.0 Å². The Morgan fingerprint density at radius 2 is 2.22 bits per heavy atom. The molecule has 0 atom stereocenters. The summed E-state index contributed by atoms with van der Waals surface area (Å²) in [5.41, 5.74) is 5.83. The van der Waals surface area contributed by atoms with Gasteiger partial charge in [0.25, 0.3) is 0 Å². The van der Waals surface area contributed by atoms with Crippen LogP contribution in [0.15, 0.2) is 11.4 Å². The summed E-state index contributed by atoms with van der Waals surface area (Å²) < 4.78 is 0. The predicted molar refractivity (Wildman–Crippen MR) is 78.3 cm³/mol. The van der Waals surface area contributed by atoms with Crippen LogP contribution in [-0.2, 0) is 6.54 Å². The van der Waals surface area contributed by atoms with Gasteiger partial charge >= 0.3 is 0 Å². The molecule has 100 valence electrons. The van der Waals surface area contributed by atoms with Crippen LogP contribution in [0.5, 0.6) is 0 Å². The third-order valence-electron chi connectivity index (χ3n) is 2.95. The van der Waals surface area contributed by atoms with E-state index < -0.39 is 0 Å². The van der Waals surface area contributed by atoms with Crippen molar-refractivity contribution in [2.45, 2.75) is 6.54 Å². The summed E-state index contributed by atoms with van der Waals surface area (Å²) in [6.45, 7) is 5.33. The first-order valence-corrected chi connectivity index (χ1v) is 8.17. The summed E-state index contributed by atoms with van der Waals surface area (Å²) >= 11 is 3.62. The molecular formula is C12H19N3OS2. The second kappa shape index (κ2) is 7.13. The van der Waals surface area contributed by atoms with Crippen molar-refractivity contribution in [3.05, 3.63) is 21.9 Å². The number of hydrogen-bond donors (Lipinski definition) is 2. The van der Waals surface area contributed by atoms with Crippen molar-refractivity contribution in [3.8, 4) is 0 Å². The van der Waals surface area contributed by atoms with Gasteiger partial charge in [-0.1, -0.05) is 0 Å². The molecule has 0 unspecified atom stereocenters. The van der Waals surface area contributed by atoms with Gasteiger partial charge in [0.15, 0.2) is 0 Å². The Hall–Kier alpha value is -0.560. The molecule has 1 saturated heterocycles. The standard InChI is InChI=1S/C12H19N3OS2/c13-12(16)10-7-11(18-9-10)8-14-1-2-15-3-5-17-6-4-15/h7,9,14H,1-6,8H2,(H2,13,16). The van der Waals surface area contributed by atoms with Gasteiger partial charge in [-0.25, -0.2) is 0 Å². The monoisotopic (exact) mass is 285 g/mol. The highest BCUT2D eigenvalue weighted by molar-refractivity contribution is 7.99. The molecule has 1 aliphatic rings. The lowest BCUT2D eigenvalue weighted by Crippen LogP contribution is -2.37. The van der Waals surface area contributed by atoms with Crippen LogP contribution in [0, 0.1) is 0 Å². The van der Waals surface area contributed by atoms with Crippen LogP contribution in [-0.4, -0.2) is 48.5 Å². The molecule has 0 bridgehead atoms. The zero-order valence-corrected chi connectivity index (χ0v) is 12.0. The minimum absolute atomic E-state index is 0.344. The van der Waals surface area contributed by atoms with Gasteiger partial charge in [0.2, 0.25) is 5.91 Å². The summed E-state index contributed by atoms with van der Waals surface area (Å²) in [5.74, 6) is 2.17. The molecule has 2 rings (SSSR count). The molecule has 1 aliphatic heterocycles.